The zero-order chi connectivity index (χ0) is 18.1. The van der Waals surface area contributed by atoms with E-state index in [4.69, 9.17) is 5.73 Å². The number of urea groups is 1. The molecule has 1 aromatic rings. The topological polar surface area (TPSA) is 87.5 Å². The normalized spacial score (nSPS) is 17.9. The Kier molecular flexibility index (Phi) is 7.73. The predicted molar refractivity (Wildman–Crippen MR) is 99.3 cm³/mol. The molecule has 0 bridgehead atoms. The third-order valence-electron chi connectivity index (χ3n) is 4.59. The molecule has 1 heterocycles. The van der Waals surface area contributed by atoms with E-state index in [1.807, 2.05) is 6.07 Å². The van der Waals surface area contributed by atoms with Gasteiger partial charge in [-0.05, 0) is 62.4 Å². The quantitative estimate of drug-likeness (QED) is 0.630. The second-order valence-corrected chi connectivity index (χ2v) is 6.93. The molecule has 1 atom stereocenters. The van der Waals surface area contributed by atoms with Crippen LogP contribution in [-0.2, 0) is 6.54 Å². The van der Waals surface area contributed by atoms with E-state index >= 15 is 0 Å². The fourth-order valence-corrected chi connectivity index (χ4v) is 3.23. The second kappa shape index (κ2) is 10.0. The average Bonchev–Trinajstić information content (AvgIpc) is 2.60. The molecule has 1 aliphatic rings. The molecule has 138 valence electrons. The van der Waals surface area contributed by atoms with Crippen molar-refractivity contribution < 1.29 is 9.59 Å². The van der Waals surface area contributed by atoms with Gasteiger partial charge >= 0.3 is 6.03 Å². The highest BCUT2D eigenvalue weighted by Gasteiger charge is 2.15. The van der Waals surface area contributed by atoms with Crippen LogP contribution in [-0.4, -0.2) is 43.0 Å². The van der Waals surface area contributed by atoms with E-state index in [1.54, 1.807) is 18.2 Å². The molecule has 2 rings (SSSR count). The molecule has 1 aliphatic heterocycles. The molecule has 3 amide bonds. The molecular formula is C19H30N4O2. The summed E-state index contributed by atoms with van der Waals surface area (Å²) < 4.78 is 0. The van der Waals surface area contributed by atoms with Crippen LogP contribution in [0.3, 0.4) is 0 Å². The van der Waals surface area contributed by atoms with Crippen molar-refractivity contribution in [3.8, 4) is 0 Å². The van der Waals surface area contributed by atoms with Gasteiger partial charge in [0.2, 0.25) is 5.91 Å². The van der Waals surface area contributed by atoms with E-state index < -0.39 is 5.91 Å². The van der Waals surface area contributed by atoms with Gasteiger partial charge in [-0.15, -0.1) is 0 Å². The zero-order valence-corrected chi connectivity index (χ0v) is 15.1. The van der Waals surface area contributed by atoms with Crippen LogP contribution in [0.25, 0.3) is 0 Å². The summed E-state index contributed by atoms with van der Waals surface area (Å²) >= 11 is 0. The first-order valence-corrected chi connectivity index (χ1v) is 9.17. The van der Waals surface area contributed by atoms with Gasteiger partial charge in [-0.2, -0.15) is 0 Å². The molecule has 6 nitrogen and oxygen atoms in total. The second-order valence-electron chi connectivity index (χ2n) is 6.93. The molecular weight excluding hydrogens is 316 g/mol. The maximum Gasteiger partial charge on any atom is 0.315 e. The zero-order valence-electron chi connectivity index (χ0n) is 15.1. The van der Waals surface area contributed by atoms with Crippen molar-refractivity contribution in [2.75, 3.05) is 26.2 Å². The molecule has 0 aromatic heterocycles. The molecule has 0 spiro atoms. The number of benzene rings is 1. The first-order valence-electron chi connectivity index (χ1n) is 9.17. The Morgan fingerprint density at radius 3 is 2.88 bits per heavy atom. The van der Waals surface area contributed by atoms with Crippen molar-refractivity contribution in [1.29, 1.82) is 0 Å². The van der Waals surface area contributed by atoms with Gasteiger partial charge < -0.3 is 21.3 Å². The van der Waals surface area contributed by atoms with E-state index in [1.165, 1.54) is 25.9 Å². The van der Waals surface area contributed by atoms with E-state index in [-0.39, 0.29) is 6.03 Å². The van der Waals surface area contributed by atoms with Gasteiger partial charge in [0, 0.05) is 25.2 Å². The van der Waals surface area contributed by atoms with Crippen molar-refractivity contribution in [3.05, 3.63) is 35.4 Å². The number of rotatable bonds is 8. The van der Waals surface area contributed by atoms with Crippen LogP contribution in [0.4, 0.5) is 4.79 Å². The maximum absolute atomic E-state index is 11.8. The first-order chi connectivity index (χ1) is 12.0. The van der Waals surface area contributed by atoms with Crippen molar-refractivity contribution in [3.63, 3.8) is 0 Å². The number of likely N-dealkylation sites (tertiary alicyclic amines) is 1. The number of nitrogens with zero attached hydrogens (tertiary/aromatic N) is 1. The largest absolute Gasteiger partial charge is 0.366 e. The Hall–Kier alpha value is -2.08. The Bertz CT molecular complexity index is 576. The number of amides is 3. The lowest BCUT2D eigenvalue weighted by atomic mass is 10.0. The number of hydrogen-bond donors (Lipinski definition) is 3. The van der Waals surface area contributed by atoms with Crippen LogP contribution in [0, 0.1) is 5.92 Å². The van der Waals surface area contributed by atoms with Gasteiger partial charge in [-0.1, -0.05) is 19.1 Å². The summed E-state index contributed by atoms with van der Waals surface area (Å²) in [5, 5.41) is 5.68. The number of nitrogens with one attached hydrogen (secondary N) is 2. The van der Waals surface area contributed by atoms with Crippen LogP contribution in [0.5, 0.6) is 0 Å². The van der Waals surface area contributed by atoms with Gasteiger partial charge in [-0.25, -0.2) is 4.79 Å². The lowest BCUT2D eigenvalue weighted by Crippen LogP contribution is -2.37. The number of carbonyl (C=O) groups excluding carboxylic acids is 2. The van der Waals surface area contributed by atoms with Gasteiger partial charge in [-0.3, -0.25) is 4.79 Å². The Morgan fingerprint density at radius 1 is 1.28 bits per heavy atom. The van der Waals surface area contributed by atoms with Crippen LogP contribution < -0.4 is 16.4 Å². The molecule has 0 aliphatic carbocycles. The highest BCUT2D eigenvalue weighted by Crippen LogP contribution is 2.15. The Labute approximate surface area is 150 Å². The van der Waals surface area contributed by atoms with Gasteiger partial charge in [0.25, 0.3) is 0 Å². The first kappa shape index (κ1) is 19.2. The van der Waals surface area contributed by atoms with Crippen molar-refractivity contribution in [2.24, 2.45) is 11.7 Å². The minimum absolute atomic E-state index is 0.184. The number of unbranched alkanes of at least 4 members (excludes halogenated alkanes) is 1. The third kappa shape index (κ3) is 7.13. The molecule has 0 radical (unpaired) electrons. The molecule has 6 heteroatoms. The summed E-state index contributed by atoms with van der Waals surface area (Å²) in [7, 11) is 0. The number of carbonyl (C=O) groups is 2. The molecule has 4 N–H and O–H groups in total. The van der Waals surface area contributed by atoms with E-state index in [0.717, 1.165) is 30.9 Å². The average molecular weight is 346 g/mol. The van der Waals surface area contributed by atoms with Crippen molar-refractivity contribution in [2.45, 2.75) is 39.2 Å². The molecule has 1 fully saturated rings. The Morgan fingerprint density at radius 2 is 2.12 bits per heavy atom. The lowest BCUT2D eigenvalue weighted by Gasteiger charge is -2.30. The molecule has 1 unspecified atom stereocenters. The van der Waals surface area contributed by atoms with E-state index in [0.29, 0.717) is 18.7 Å². The fourth-order valence-electron chi connectivity index (χ4n) is 3.23. The third-order valence-corrected chi connectivity index (χ3v) is 4.59. The summed E-state index contributed by atoms with van der Waals surface area (Å²) in [4.78, 5) is 25.5. The van der Waals surface area contributed by atoms with Gasteiger partial charge in [0.15, 0.2) is 0 Å². The van der Waals surface area contributed by atoms with Crippen LogP contribution in [0.15, 0.2) is 24.3 Å². The molecule has 1 aromatic carbocycles. The summed E-state index contributed by atoms with van der Waals surface area (Å²) in [5.41, 5.74) is 6.56. The molecule has 0 saturated carbocycles. The summed E-state index contributed by atoms with van der Waals surface area (Å²) in [5.74, 6) is 0.347. The number of hydrogen-bond acceptors (Lipinski definition) is 3. The van der Waals surface area contributed by atoms with Crippen molar-refractivity contribution in [1.82, 2.24) is 15.5 Å². The minimum atomic E-state index is -0.464. The highest BCUT2D eigenvalue weighted by molar-refractivity contribution is 5.92. The van der Waals surface area contributed by atoms with Crippen molar-refractivity contribution >= 4 is 11.9 Å². The smallest absolute Gasteiger partial charge is 0.315 e. The van der Waals surface area contributed by atoms with E-state index in [9.17, 15) is 9.59 Å². The lowest BCUT2D eigenvalue weighted by molar-refractivity contribution is 0.1000. The van der Waals surface area contributed by atoms with Crippen LogP contribution in [0.1, 0.15) is 48.5 Å². The maximum atomic E-state index is 11.8. The number of primary amides is 1. The number of nitrogens with two attached hydrogens (primary N) is 1. The summed E-state index contributed by atoms with van der Waals surface area (Å²) in [6.07, 6.45) is 4.74. The Balaban J connectivity index is 1.56. The summed E-state index contributed by atoms with van der Waals surface area (Å²) in [6, 6.07) is 6.79. The van der Waals surface area contributed by atoms with Crippen LogP contribution in [0.2, 0.25) is 0 Å². The van der Waals surface area contributed by atoms with Gasteiger partial charge in [0.05, 0.1) is 0 Å². The highest BCUT2D eigenvalue weighted by atomic mass is 16.2. The SMILES string of the molecule is CC1CCCN(CCCCNC(=O)NCc2cccc(C(N)=O)c2)C1. The molecule has 25 heavy (non-hydrogen) atoms. The fraction of sp³-hybridized carbons (Fsp3) is 0.579. The monoisotopic (exact) mass is 346 g/mol. The minimum Gasteiger partial charge on any atom is -0.366 e. The van der Waals surface area contributed by atoms with Crippen LogP contribution >= 0.6 is 0 Å². The molecule has 1 saturated heterocycles. The van der Waals surface area contributed by atoms with Gasteiger partial charge in [0.1, 0.15) is 0 Å². The standard InChI is InChI=1S/C19H30N4O2/c1-15-6-5-11-23(14-15)10-3-2-9-21-19(25)22-13-16-7-4-8-17(12-16)18(20)24/h4,7-8,12,15H,2-3,5-6,9-11,13-14H2,1H3,(H2,20,24)(H2,21,22,25). The number of piperidine rings is 1. The van der Waals surface area contributed by atoms with E-state index in [2.05, 4.69) is 22.5 Å². The predicted octanol–water partition coefficient (Wildman–Crippen LogP) is 2.10. The summed E-state index contributed by atoms with van der Waals surface area (Å²) in [6.45, 7) is 6.90.